The van der Waals surface area contributed by atoms with E-state index in [-0.39, 0.29) is 5.91 Å². The number of para-hydroxylation sites is 1. The van der Waals surface area contributed by atoms with Gasteiger partial charge in [0.15, 0.2) is 0 Å². The smallest absolute Gasteiger partial charge is 0.266 e. The van der Waals surface area contributed by atoms with Crippen molar-refractivity contribution < 1.29 is 9.53 Å². The molecule has 2 aromatic carbocycles. The van der Waals surface area contributed by atoms with Gasteiger partial charge in [0.1, 0.15) is 15.8 Å². The number of rotatable bonds is 11. The van der Waals surface area contributed by atoms with Crippen molar-refractivity contribution in [2.45, 2.75) is 46.0 Å². The zero-order valence-electron chi connectivity index (χ0n) is 20.6. The number of unbranched alkanes of at least 4 members (excludes halogenated alkanes) is 3. The van der Waals surface area contributed by atoms with E-state index in [0.29, 0.717) is 33.1 Å². The number of amides is 1. The van der Waals surface area contributed by atoms with Crippen molar-refractivity contribution in [1.29, 1.82) is 0 Å². The van der Waals surface area contributed by atoms with Gasteiger partial charge in [0, 0.05) is 23.9 Å². The molecule has 0 aliphatic carbocycles. The second-order valence-electron chi connectivity index (χ2n) is 8.60. The third-order valence-corrected chi connectivity index (χ3v) is 7.54. The average Bonchev–Trinajstić information content (AvgIpc) is 3.42. The number of nitrogens with zero attached hydrogens (tertiary/aromatic N) is 3. The number of thioether (sulfide) groups is 1. The van der Waals surface area contributed by atoms with Crippen molar-refractivity contribution in [3.8, 4) is 22.7 Å². The lowest BCUT2D eigenvalue weighted by atomic mass is 10.1. The van der Waals surface area contributed by atoms with Gasteiger partial charge in [-0.05, 0) is 49.2 Å². The number of hydrogen-bond acceptors (Lipinski definition) is 5. The SMILES string of the molecule is CCCCCN1C(=O)/C(=C/c2cn(-c3ccccc3)nc2-c2ccc(OCCCC)c(Cl)c2)SC1=S. The molecule has 4 rings (SSSR count). The van der Waals surface area contributed by atoms with Crippen LogP contribution in [0.15, 0.2) is 59.6 Å². The maximum absolute atomic E-state index is 13.1. The van der Waals surface area contributed by atoms with Crippen molar-refractivity contribution in [3.63, 3.8) is 0 Å². The molecule has 36 heavy (non-hydrogen) atoms. The number of carbonyl (C=O) groups is 1. The molecule has 0 bridgehead atoms. The summed E-state index contributed by atoms with van der Waals surface area (Å²) in [7, 11) is 0. The lowest BCUT2D eigenvalue weighted by molar-refractivity contribution is -0.122. The van der Waals surface area contributed by atoms with E-state index in [0.717, 1.165) is 54.6 Å². The van der Waals surface area contributed by atoms with Crippen LogP contribution in [0.25, 0.3) is 23.0 Å². The lowest BCUT2D eigenvalue weighted by Gasteiger charge is -2.13. The van der Waals surface area contributed by atoms with Crippen molar-refractivity contribution in [2.24, 2.45) is 0 Å². The second-order valence-corrected chi connectivity index (χ2v) is 10.7. The second kappa shape index (κ2) is 12.6. The zero-order chi connectivity index (χ0) is 25.5. The van der Waals surface area contributed by atoms with Crippen molar-refractivity contribution in [1.82, 2.24) is 14.7 Å². The van der Waals surface area contributed by atoms with Gasteiger partial charge < -0.3 is 4.74 Å². The van der Waals surface area contributed by atoms with Crippen LogP contribution in [0.1, 0.15) is 51.5 Å². The monoisotopic (exact) mass is 539 g/mol. The largest absolute Gasteiger partial charge is 0.492 e. The van der Waals surface area contributed by atoms with Gasteiger partial charge in [0.05, 0.1) is 22.2 Å². The maximum Gasteiger partial charge on any atom is 0.266 e. The minimum atomic E-state index is -0.0442. The highest BCUT2D eigenvalue weighted by Crippen LogP contribution is 2.36. The van der Waals surface area contributed by atoms with Crippen molar-refractivity contribution in [2.75, 3.05) is 13.2 Å². The summed E-state index contributed by atoms with van der Waals surface area (Å²) in [6.45, 7) is 5.55. The fraction of sp³-hybridized carbons (Fsp3) is 0.321. The van der Waals surface area contributed by atoms with Crippen LogP contribution >= 0.6 is 35.6 Å². The predicted molar refractivity (Wildman–Crippen MR) is 154 cm³/mol. The fourth-order valence-electron chi connectivity index (χ4n) is 3.88. The van der Waals surface area contributed by atoms with Gasteiger partial charge in [0.25, 0.3) is 5.91 Å². The van der Waals surface area contributed by atoms with Crippen LogP contribution in [0.5, 0.6) is 5.75 Å². The molecule has 1 fully saturated rings. The molecule has 5 nitrogen and oxygen atoms in total. The lowest BCUT2D eigenvalue weighted by Crippen LogP contribution is -2.28. The molecular weight excluding hydrogens is 510 g/mol. The fourth-order valence-corrected chi connectivity index (χ4v) is 5.41. The summed E-state index contributed by atoms with van der Waals surface area (Å²) >= 11 is 13.4. The number of thiocarbonyl (C=S) groups is 1. The maximum atomic E-state index is 13.1. The summed E-state index contributed by atoms with van der Waals surface area (Å²) in [5.74, 6) is 0.614. The topological polar surface area (TPSA) is 47.4 Å². The average molecular weight is 540 g/mol. The summed E-state index contributed by atoms with van der Waals surface area (Å²) < 4.78 is 8.25. The summed E-state index contributed by atoms with van der Waals surface area (Å²) in [4.78, 5) is 15.5. The summed E-state index contributed by atoms with van der Waals surface area (Å²) in [5.41, 5.74) is 3.33. The molecule has 0 atom stereocenters. The number of halogens is 1. The van der Waals surface area contributed by atoms with Gasteiger partial charge >= 0.3 is 0 Å². The molecular formula is C28H30ClN3O2S2. The quantitative estimate of drug-likeness (QED) is 0.141. The van der Waals surface area contributed by atoms with Crippen LogP contribution in [0.2, 0.25) is 5.02 Å². The minimum absolute atomic E-state index is 0.0442. The Morgan fingerprint density at radius 3 is 2.58 bits per heavy atom. The Kier molecular flexibility index (Phi) is 9.24. The van der Waals surface area contributed by atoms with E-state index in [2.05, 4.69) is 13.8 Å². The normalized spacial score (nSPS) is 14.8. The first kappa shape index (κ1) is 26.5. The van der Waals surface area contributed by atoms with Crippen molar-refractivity contribution in [3.05, 3.63) is 70.2 Å². The zero-order valence-corrected chi connectivity index (χ0v) is 23.0. The molecule has 1 aromatic heterocycles. The summed E-state index contributed by atoms with van der Waals surface area (Å²) in [6.07, 6.45) is 8.97. The van der Waals surface area contributed by atoms with E-state index in [1.807, 2.05) is 65.5 Å². The highest BCUT2D eigenvalue weighted by Gasteiger charge is 2.32. The molecule has 188 valence electrons. The van der Waals surface area contributed by atoms with Crippen LogP contribution in [0, 0.1) is 0 Å². The molecule has 3 aromatic rings. The van der Waals surface area contributed by atoms with Crippen molar-refractivity contribution >= 4 is 51.9 Å². The van der Waals surface area contributed by atoms with Crippen LogP contribution < -0.4 is 4.74 Å². The first-order valence-corrected chi connectivity index (χ1v) is 13.9. The molecule has 8 heteroatoms. The van der Waals surface area contributed by atoms with E-state index in [4.69, 9.17) is 33.7 Å². The number of hydrogen-bond donors (Lipinski definition) is 0. The van der Waals surface area contributed by atoms with Gasteiger partial charge in [-0.15, -0.1) is 0 Å². The number of aromatic nitrogens is 2. The van der Waals surface area contributed by atoms with E-state index >= 15 is 0 Å². The van der Waals surface area contributed by atoms with Gasteiger partial charge in [-0.2, -0.15) is 5.10 Å². The Labute approximate surface area is 227 Å². The molecule has 0 spiro atoms. The number of benzene rings is 2. The number of carbonyl (C=O) groups excluding carboxylic acids is 1. The third kappa shape index (κ3) is 6.20. The van der Waals surface area contributed by atoms with Crippen LogP contribution in [-0.2, 0) is 4.79 Å². The Morgan fingerprint density at radius 2 is 1.86 bits per heavy atom. The predicted octanol–water partition coefficient (Wildman–Crippen LogP) is 7.76. The third-order valence-electron chi connectivity index (χ3n) is 5.87. The van der Waals surface area contributed by atoms with Crippen LogP contribution in [0.3, 0.4) is 0 Å². The molecule has 2 heterocycles. The Morgan fingerprint density at radius 1 is 1.08 bits per heavy atom. The number of ether oxygens (including phenoxy) is 1. The standard InChI is InChI=1S/C28H30ClN3O2S2/c1-3-5-10-15-31-27(33)25(36-28(31)35)18-21-19-32(22-11-8-7-9-12-22)30-26(21)20-13-14-24(23(29)17-20)34-16-6-4-2/h7-9,11-14,17-19H,3-6,10,15-16H2,1-2H3/b25-18-. The minimum Gasteiger partial charge on any atom is -0.492 e. The van der Waals surface area contributed by atoms with E-state index in [1.165, 1.54) is 11.8 Å². The molecule has 1 aliphatic heterocycles. The Hall–Kier alpha value is -2.61. The first-order chi connectivity index (χ1) is 17.5. The highest BCUT2D eigenvalue weighted by molar-refractivity contribution is 8.26. The molecule has 0 N–H and O–H groups in total. The van der Waals surface area contributed by atoms with Crippen LogP contribution in [-0.4, -0.2) is 38.1 Å². The molecule has 1 saturated heterocycles. The van der Waals surface area contributed by atoms with Gasteiger partial charge in [0.2, 0.25) is 0 Å². The highest BCUT2D eigenvalue weighted by atomic mass is 35.5. The molecule has 1 aliphatic rings. The molecule has 1 amide bonds. The van der Waals surface area contributed by atoms with Gasteiger partial charge in [-0.3, -0.25) is 9.69 Å². The summed E-state index contributed by atoms with van der Waals surface area (Å²) in [5, 5.41) is 5.40. The van der Waals surface area contributed by atoms with Gasteiger partial charge in [-0.25, -0.2) is 4.68 Å². The molecule has 0 unspecified atom stereocenters. The van der Waals surface area contributed by atoms with Gasteiger partial charge in [-0.1, -0.05) is 86.9 Å². The Bertz CT molecular complexity index is 1260. The van der Waals surface area contributed by atoms with Crippen LogP contribution in [0.4, 0.5) is 0 Å². The first-order valence-electron chi connectivity index (χ1n) is 12.3. The molecule has 0 saturated carbocycles. The van der Waals surface area contributed by atoms with E-state index in [9.17, 15) is 4.79 Å². The summed E-state index contributed by atoms with van der Waals surface area (Å²) in [6, 6.07) is 15.6. The Balaban J connectivity index is 1.69. The van der Waals surface area contributed by atoms with E-state index < -0.39 is 0 Å². The van der Waals surface area contributed by atoms with E-state index in [1.54, 1.807) is 4.90 Å². The molecule has 0 radical (unpaired) electrons.